The number of benzene rings is 1. The van der Waals surface area contributed by atoms with E-state index in [0.29, 0.717) is 36.2 Å². The van der Waals surface area contributed by atoms with Crippen LogP contribution in [-0.2, 0) is 9.47 Å². The Morgan fingerprint density at radius 1 is 1.26 bits per heavy atom. The van der Waals surface area contributed by atoms with E-state index in [1.54, 1.807) is 30.0 Å². The van der Waals surface area contributed by atoms with Crippen LogP contribution in [0.4, 0.5) is 10.5 Å². The summed E-state index contributed by atoms with van der Waals surface area (Å²) in [5, 5.41) is 3.89. The maximum Gasteiger partial charge on any atom is 0.410 e. The number of esters is 1. The van der Waals surface area contributed by atoms with Crippen molar-refractivity contribution in [1.29, 1.82) is 0 Å². The van der Waals surface area contributed by atoms with E-state index in [1.807, 2.05) is 20.8 Å². The predicted octanol–water partition coefficient (Wildman–Crippen LogP) is 4.58. The van der Waals surface area contributed by atoms with E-state index in [9.17, 15) is 9.59 Å². The van der Waals surface area contributed by atoms with Gasteiger partial charge in [-0.3, -0.25) is 0 Å². The van der Waals surface area contributed by atoms with E-state index in [2.05, 4.69) is 5.32 Å². The molecule has 1 fully saturated rings. The van der Waals surface area contributed by atoms with Crippen molar-refractivity contribution >= 4 is 29.4 Å². The van der Waals surface area contributed by atoms with Gasteiger partial charge in [0, 0.05) is 19.6 Å². The number of halogens is 1. The first-order valence-electron chi connectivity index (χ1n) is 9.38. The van der Waals surface area contributed by atoms with Crippen LogP contribution in [-0.4, -0.2) is 48.8 Å². The monoisotopic (exact) mass is 396 g/mol. The smallest absolute Gasteiger partial charge is 0.410 e. The first-order valence-corrected chi connectivity index (χ1v) is 9.76. The molecule has 0 radical (unpaired) electrons. The quantitative estimate of drug-likeness (QED) is 0.738. The lowest BCUT2D eigenvalue weighted by Crippen LogP contribution is -2.42. The van der Waals surface area contributed by atoms with Crippen LogP contribution in [0.25, 0.3) is 0 Å². The summed E-state index contributed by atoms with van der Waals surface area (Å²) in [5.41, 5.74) is 0.719. The van der Waals surface area contributed by atoms with E-state index in [0.717, 1.165) is 25.1 Å². The highest BCUT2D eigenvalue weighted by atomic mass is 35.5. The number of nitrogens with zero attached hydrogens (tertiary/aromatic N) is 1. The van der Waals surface area contributed by atoms with Gasteiger partial charge in [0.05, 0.1) is 22.9 Å². The molecular formula is C20H29ClN2O4. The summed E-state index contributed by atoms with van der Waals surface area (Å²) in [6.07, 6.45) is 1.53. The van der Waals surface area contributed by atoms with Gasteiger partial charge in [-0.05, 0) is 64.7 Å². The fourth-order valence-corrected chi connectivity index (χ4v) is 3.09. The first-order chi connectivity index (χ1) is 12.7. The summed E-state index contributed by atoms with van der Waals surface area (Å²) in [4.78, 5) is 25.8. The molecule has 1 N–H and O–H groups in total. The van der Waals surface area contributed by atoms with Crippen LogP contribution in [0.15, 0.2) is 18.2 Å². The Labute approximate surface area is 166 Å². The number of hydrogen-bond donors (Lipinski definition) is 1. The number of hydrogen-bond acceptors (Lipinski definition) is 5. The van der Waals surface area contributed by atoms with E-state index in [1.165, 1.54) is 0 Å². The third-order valence-electron chi connectivity index (χ3n) is 4.32. The minimum atomic E-state index is -0.476. The second-order valence-electron chi connectivity index (χ2n) is 7.71. The maximum atomic E-state index is 12.1. The number of rotatable bonds is 5. The standard InChI is InChI=1S/C20H29ClN2O4/c1-5-26-18(24)15-6-7-16(21)17(12-15)22-13-14-8-10-23(11-9-14)19(25)27-20(2,3)4/h6-7,12,14,22H,5,8-11,13H2,1-4H3. The van der Waals surface area contributed by atoms with Gasteiger partial charge in [0.15, 0.2) is 0 Å². The van der Waals surface area contributed by atoms with E-state index in [-0.39, 0.29) is 12.1 Å². The van der Waals surface area contributed by atoms with Gasteiger partial charge in [0.1, 0.15) is 5.60 Å². The van der Waals surface area contributed by atoms with Crippen molar-refractivity contribution in [2.75, 3.05) is 31.6 Å². The molecule has 0 bridgehead atoms. The molecule has 1 aliphatic heterocycles. The highest BCUT2D eigenvalue weighted by Gasteiger charge is 2.26. The predicted molar refractivity (Wildman–Crippen MR) is 106 cm³/mol. The van der Waals surface area contributed by atoms with Gasteiger partial charge in [-0.25, -0.2) is 9.59 Å². The molecule has 1 aromatic carbocycles. The molecule has 1 heterocycles. The second kappa shape index (κ2) is 9.31. The summed E-state index contributed by atoms with van der Waals surface area (Å²) in [6, 6.07) is 5.07. The highest BCUT2D eigenvalue weighted by molar-refractivity contribution is 6.33. The molecule has 0 aliphatic carbocycles. The molecule has 0 spiro atoms. The Bertz CT molecular complexity index is 664. The summed E-state index contributed by atoms with van der Waals surface area (Å²) >= 11 is 6.24. The molecule has 0 atom stereocenters. The van der Waals surface area contributed by atoms with Gasteiger partial charge >= 0.3 is 12.1 Å². The van der Waals surface area contributed by atoms with Crippen molar-refractivity contribution in [3.05, 3.63) is 28.8 Å². The zero-order valence-corrected chi connectivity index (χ0v) is 17.3. The number of amides is 1. The maximum absolute atomic E-state index is 12.1. The normalized spacial score (nSPS) is 15.4. The van der Waals surface area contributed by atoms with Gasteiger partial charge in [0.2, 0.25) is 0 Å². The Morgan fingerprint density at radius 3 is 2.52 bits per heavy atom. The molecule has 2 rings (SSSR count). The fourth-order valence-electron chi connectivity index (χ4n) is 2.90. The lowest BCUT2D eigenvalue weighted by molar-refractivity contribution is 0.0188. The molecule has 0 saturated carbocycles. The summed E-state index contributed by atoms with van der Waals surface area (Å²) in [7, 11) is 0. The number of likely N-dealkylation sites (tertiary alicyclic amines) is 1. The van der Waals surface area contributed by atoms with Crippen LogP contribution in [0.2, 0.25) is 5.02 Å². The number of anilines is 1. The average molecular weight is 397 g/mol. The van der Waals surface area contributed by atoms with Crippen LogP contribution in [0.1, 0.15) is 50.9 Å². The molecule has 7 heteroatoms. The average Bonchev–Trinajstić information content (AvgIpc) is 2.60. The molecule has 0 aromatic heterocycles. The number of carbonyl (C=O) groups excluding carboxylic acids is 2. The van der Waals surface area contributed by atoms with E-state index >= 15 is 0 Å². The number of nitrogens with one attached hydrogen (secondary N) is 1. The molecule has 150 valence electrons. The lowest BCUT2D eigenvalue weighted by Gasteiger charge is -2.33. The molecule has 0 unspecified atom stereocenters. The number of carbonyl (C=O) groups is 2. The van der Waals surface area contributed by atoms with Crippen molar-refractivity contribution in [2.24, 2.45) is 5.92 Å². The van der Waals surface area contributed by atoms with E-state index < -0.39 is 5.60 Å². The minimum absolute atomic E-state index is 0.251. The molecule has 1 amide bonds. The van der Waals surface area contributed by atoms with Gasteiger partial charge in [0.25, 0.3) is 0 Å². The van der Waals surface area contributed by atoms with Crippen molar-refractivity contribution in [3.8, 4) is 0 Å². The van der Waals surface area contributed by atoms with Crippen LogP contribution >= 0.6 is 11.6 Å². The highest BCUT2D eigenvalue weighted by Crippen LogP contribution is 2.26. The van der Waals surface area contributed by atoms with Crippen LogP contribution in [0.3, 0.4) is 0 Å². The summed E-state index contributed by atoms with van der Waals surface area (Å²) < 4.78 is 10.4. The minimum Gasteiger partial charge on any atom is -0.462 e. The molecule has 1 saturated heterocycles. The largest absolute Gasteiger partial charge is 0.462 e. The molecule has 1 aliphatic rings. The number of ether oxygens (including phenoxy) is 2. The lowest BCUT2D eigenvalue weighted by atomic mass is 9.97. The zero-order chi connectivity index (χ0) is 20.0. The Kier molecular flexibility index (Phi) is 7.36. The van der Waals surface area contributed by atoms with Crippen molar-refractivity contribution in [3.63, 3.8) is 0 Å². The third kappa shape index (κ3) is 6.61. The van der Waals surface area contributed by atoms with Crippen LogP contribution in [0, 0.1) is 5.92 Å². The number of piperidine rings is 1. The fraction of sp³-hybridized carbons (Fsp3) is 0.600. The molecular weight excluding hydrogens is 368 g/mol. The zero-order valence-electron chi connectivity index (χ0n) is 16.5. The van der Waals surface area contributed by atoms with Crippen molar-refractivity contribution < 1.29 is 19.1 Å². The van der Waals surface area contributed by atoms with Gasteiger partial charge in [-0.2, -0.15) is 0 Å². The van der Waals surface area contributed by atoms with Crippen LogP contribution in [0.5, 0.6) is 0 Å². The third-order valence-corrected chi connectivity index (χ3v) is 4.65. The SMILES string of the molecule is CCOC(=O)c1ccc(Cl)c(NCC2CCN(C(=O)OC(C)(C)C)CC2)c1. The van der Waals surface area contributed by atoms with Gasteiger partial charge in [-0.15, -0.1) is 0 Å². The Morgan fingerprint density at radius 2 is 1.93 bits per heavy atom. The Hall–Kier alpha value is -1.95. The first kappa shape index (κ1) is 21.4. The van der Waals surface area contributed by atoms with Crippen molar-refractivity contribution in [2.45, 2.75) is 46.1 Å². The summed E-state index contributed by atoms with van der Waals surface area (Å²) in [6.45, 7) is 9.81. The van der Waals surface area contributed by atoms with Gasteiger partial charge < -0.3 is 19.7 Å². The molecule has 27 heavy (non-hydrogen) atoms. The van der Waals surface area contributed by atoms with Crippen LogP contribution < -0.4 is 5.32 Å². The Balaban J connectivity index is 1.85. The van der Waals surface area contributed by atoms with E-state index in [4.69, 9.17) is 21.1 Å². The summed E-state index contributed by atoms with van der Waals surface area (Å²) in [5.74, 6) is 0.0638. The molecule has 6 nitrogen and oxygen atoms in total. The molecule has 1 aromatic rings. The topological polar surface area (TPSA) is 67.9 Å². The van der Waals surface area contributed by atoms with Gasteiger partial charge in [-0.1, -0.05) is 11.6 Å². The van der Waals surface area contributed by atoms with Crippen molar-refractivity contribution in [1.82, 2.24) is 4.90 Å². The second-order valence-corrected chi connectivity index (χ2v) is 8.11.